The largest absolute Gasteiger partial charge is 0.497 e. The number of fused-ring (bicyclic) bond motifs is 2. The van der Waals surface area contributed by atoms with Gasteiger partial charge in [-0.2, -0.15) is 28.7 Å². The van der Waals surface area contributed by atoms with E-state index in [1.54, 1.807) is 30.5 Å². The number of pyridine rings is 2. The maximum absolute atomic E-state index is 13.7. The number of hydrogen-bond acceptors (Lipinski definition) is 16. The van der Waals surface area contributed by atoms with Crippen LogP contribution in [0.2, 0.25) is 0 Å². The number of ether oxygens (including phenoxy) is 1. The minimum Gasteiger partial charge on any atom is -0.497 e. The van der Waals surface area contributed by atoms with Gasteiger partial charge in [0, 0.05) is 73.1 Å². The van der Waals surface area contributed by atoms with Gasteiger partial charge >= 0.3 is 17.9 Å². The normalized spacial score (nSPS) is 11.6. The SMILES string of the molecule is CN(Cc1cnc2nc(N)nc(N)c2c1)c1ccc(C(=O)NC(CCC(=O)O)C(=O)O)cc1.COc1cc(NCc2c[nH]c3nc(N)nc(N)c3c2=O)cc(C(F)(F)CF)c1. The predicted molar refractivity (Wildman–Crippen MR) is 220 cm³/mol. The Morgan fingerprint density at radius 3 is 2.31 bits per heavy atom. The van der Waals surface area contributed by atoms with Gasteiger partial charge in [-0.3, -0.25) is 14.4 Å². The average molecular weight is 848 g/mol. The molecule has 23 heteroatoms. The molecule has 1 atom stereocenters. The zero-order chi connectivity index (χ0) is 44.6. The van der Waals surface area contributed by atoms with Crippen LogP contribution in [0.15, 0.2) is 65.7 Å². The number of alkyl halides is 3. The number of aromatic nitrogens is 6. The third-order valence-corrected chi connectivity index (χ3v) is 8.97. The lowest BCUT2D eigenvalue weighted by Crippen LogP contribution is -2.41. The van der Waals surface area contributed by atoms with Gasteiger partial charge in [-0.25, -0.2) is 14.2 Å². The summed E-state index contributed by atoms with van der Waals surface area (Å²) in [5.74, 6) is -6.42. The molecule has 4 heterocycles. The van der Waals surface area contributed by atoms with Crippen LogP contribution in [0.4, 0.5) is 48.1 Å². The zero-order valence-electron chi connectivity index (χ0n) is 32.4. The summed E-state index contributed by atoms with van der Waals surface area (Å²) in [6.07, 6.45) is 2.49. The third kappa shape index (κ3) is 11.0. The summed E-state index contributed by atoms with van der Waals surface area (Å²) < 4.78 is 45.1. The van der Waals surface area contributed by atoms with Gasteiger partial charge in [0.1, 0.15) is 34.5 Å². The van der Waals surface area contributed by atoms with Crippen LogP contribution in [-0.4, -0.2) is 84.8 Å². The van der Waals surface area contributed by atoms with Crippen molar-refractivity contribution in [1.82, 2.24) is 35.2 Å². The number of hydrogen-bond donors (Lipinski definition) is 9. The van der Waals surface area contributed by atoms with Crippen LogP contribution in [0.3, 0.4) is 0 Å². The number of anilines is 6. The van der Waals surface area contributed by atoms with E-state index in [4.69, 9.17) is 32.8 Å². The van der Waals surface area contributed by atoms with E-state index in [0.717, 1.165) is 23.4 Å². The topological polar surface area (TPSA) is 330 Å². The number of carbonyl (C=O) groups is 3. The number of methoxy groups -OCH3 is 1. The molecule has 2 aromatic carbocycles. The number of aromatic amines is 1. The number of aliphatic carboxylic acids is 2. The Morgan fingerprint density at radius 2 is 1.66 bits per heavy atom. The Balaban J connectivity index is 0.000000234. The molecule has 0 aliphatic carbocycles. The van der Waals surface area contributed by atoms with Crippen molar-refractivity contribution in [2.24, 2.45) is 0 Å². The van der Waals surface area contributed by atoms with E-state index < -0.39 is 47.5 Å². The number of carbonyl (C=O) groups excluding carboxylic acids is 1. The summed E-state index contributed by atoms with van der Waals surface area (Å²) in [6, 6.07) is 10.7. The predicted octanol–water partition coefficient (Wildman–Crippen LogP) is 3.04. The van der Waals surface area contributed by atoms with Crippen molar-refractivity contribution in [3.63, 3.8) is 0 Å². The number of rotatable bonds is 15. The number of benzene rings is 2. The number of halogens is 3. The highest BCUT2D eigenvalue weighted by Gasteiger charge is 2.32. The second kappa shape index (κ2) is 18.7. The van der Waals surface area contributed by atoms with Crippen molar-refractivity contribution >= 4 is 74.8 Å². The molecule has 0 spiro atoms. The molecular weight excluding hydrogens is 807 g/mol. The maximum Gasteiger partial charge on any atom is 0.326 e. The molecule has 0 aliphatic rings. The van der Waals surface area contributed by atoms with Crippen LogP contribution in [0.1, 0.15) is 39.9 Å². The Bertz CT molecular complexity index is 2650. The van der Waals surface area contributed by atoms with Crippen molar-refractivity contribution < 1.29 is 42.5 Å². The van der Waals surface area contributed by atoms with E-state index in [9.17, 15) is 37.5 Å². The first-order valence-corrected chi connectivity index (χ1v) is 17.9. The molecule has 0 saturated carbocycles. The summed E-state index contributed by atoms with van der Waals surface area (Å²) in [6.45, 7) is -1.39. The van der Waals surface area contributed by atoms with Gasteiger partial charge in [-0.15, -0.1) is 0 Å². The highest BCUT2D eigenvalue weighted by molar-refractivity contribution is 5.97. The molecule has 13 N–H and O–H groups in total. The van der Waals surface area contributed by atoms with Crippen molar-refractivity contribution in [2.75, 3.05) is 54.0 Å². The molecule has 20 nitrogen and oxygen atoms in total. The highest BCUT2D eigenvalue weighted by Crippen LogP contribution is 2.33. The smallest absolute Gasteiger partial charge is 0.326 e. The summed E-state index contributed by atoms with van der Waals surface area (Å²) in [4.78, 5) is 71.6. The fraction of sp³-hybridized carbons (Fsp3) is 0.237. The standard InChI is InChI=1S/C21H23N7O5.C17H17F3N6O2/c1-28(10-11-8-14-17(22)26-21(23)27-18(14)24-9-11)13-4-2-12(3-5-13)19(31)25-15(20(32)33)6-7-16(29)30;1-28-11-3-9(17(19,20)7-18)2-10(4-11)23-5-8-6-24-15-12(13(8)27)14(21)25-16(22)26-15/h2-5,8-9,15H,6-7,10H2,1H3,(H,25,31)(H,29,30)(H,32,33)(H4,22,23,24,26,27);2-4,6,23H,5,7H2,1H3,(H5,21,22,24,25,26,27). The second-order valence-corrected chi connectivity index (χ2v) is 13.4. The molecule has 320 valence electrons. The number of nitrogens with one attached hydrogen (secondary N) is 3. The number of nitrogens with zero attached hydrogens (tertiary/aromatic N) is 6. The van der Waals surface area contributed by atoms with Crippen molar-refractivity contribution in [1.29, 1.82) is 0 Å². The zero-order valence-corrected chi connectivity index (χ0v) is 32.4. The van der Waals surface area contributed by atoms with Gasteiger partial charge in [0.25, 0.3) is 5.91 Å². The van der Waals surface area contributed by atoms with E-state index in [1.165, 1.54) is 19.4 Å². The molecule has 61 heavy (non-hydrogen) atoms. The summed E-state index contributed by atoms with van der Waals surface area (Å²) >= 11 is 0. The molecule has 0 radical (unpaired) electrons. The van der Waals surface area contributed by atoms with Gasteiger partial charge in [0.05, 0.1) is 12.5 Å². The molecule has 0 saturated heterocycles. The lowest BCUT2D eigenvalue weighted by molar-refractivity contribution is -0.140. The van der Waals surface area contributed by atoms with Crippen LogP contribution >= 0.6 is 0 Å². The maximum atomic E-state index is 13.7. The lowest BCUT2D eigenvalue weighted by atomic mass is 10.1. The number of nitrogens with two attached hydrogens (primary N) is 4. The average Bonchev–Trinajstić information content (AvgIpc) is 3.21. The van der Waals surface area contributed by atoms with Gasteiger partial charge in [-0.05, 0) is 54.4 Å². The van der Waals surface area contributed by atoms with Crippen LogP contribution in [0.5, 0.6) is 5.75 Å². The molecule has 1 unspecified atom stereocenters. The first-order valence-electron chi connectivity index (χ1n) is 17.9. The summed E-state index contributed by atoms with van der Waals surface area (Å²) in [5.41, 5.74) is 24.8. The Kier molecular flexibility index (Phi) is 13.6. The van der Waals surface area contributed by atoms with E-state index in [0.29, 0.717) is 17.6 Å². The molecule has 4 aromatic heterocycles. The van der Waals surface area contributed by atoms with Gasteiger partial charge in [0.15, 0.2) is 17.8 Å². The lowest BCUT2D eigenvalue weighted by Gasteiger charge is -2.20. The summed E-state index contributed by atoms with van der Waals surface area (Å²) in [5, 5.41) is 23.8. The molecule has 1 amide bonds. The fourth-order valence-corrected chi connectivity index (χ4v) is 5.82. The number of nitrogen functional groups attached to an aromatic ring is 4. The van der Waals surface area contributed by atoms with Crippen LogP contribution in [-0.2, 0) is 28.6 Å². The first kappa shape index (κ1) is 44.1. The Hall–Kier alpha value is -7.98. The van der Waals surface area contributed by atoms with Gasteiger partial charge in [0.2, 0.25) is 11.9 Å². The quantitative estimate of drug-likeness (QED) is 0.0717. The highest BCUT2D eigenvalue weighted by atomic mass is 19.3. The van der Waals surface area contributed by atoms with E-state index in [2.05, 4.69) is 40.5 Å². The number of H-pyrrole nitrogens is 1. The Labute approximate surface area is 343 Å². The number of carboxylic acid groups (broad SMARTS) is 2. The molecule has 0 aliphatic heterocycles. The Morgan fingerprint density at radius 1 is 0.967 bits per heavy atom. The second-order valence-electron chi connectivity index (χ2n) is 13.4. The molecule has 0 fully saturated rings. The first-order chi connectivity index (χ1) is 28.9. The van der Waals surface area contributed by atoms with Gasteiger partial charge in [-0.1, -0.05) is 0 Å². The molecule has 6 rings (SSSR count). The van der Waals surface area contributed by atoms with E-state index >= 15 is 0 Å². The molecule has 6 aromatic rings. The van der Waals surface area contributed by atoms with Crippen molar-refractivity contribution in [3.05, 3.63) is 93.4 Å². The third-order valence-electron chi connectivity index (χ3n) is 8.97. The van der Waals surface area contributed by atoms with Crippen LogP contribution in [0.25, 0.3) is 22.1 Å². The summed E-state index contributed by atoms with van der Waals surface area (Å²) in [7, 11) is 3.16. The van der Waals surface area contributed by atoms with Crippen LogP contribution < -0.4 is 48.6 Å². The minimum absolute atomic E-state index is 0.0249. The van der Waals surface area contributed by atoms with E-state index in [-0.39, 0.29) is 76.5 Å². The van der Waals surface area contributed by atoms with Crippen molar-refractivity contribution in [2.45, 2.75) is 37.9 Å². The van der Waals surface area contributed by atoms with Crippen LogP contribution in [0, 0.1) is 0 Å². The monoisotopic (exact) mass is 847 g/mol. The minimum atomic E-state index is -3.66. The fourth-order valence-electron chi connectivity index (χ4n) is 5.82. The van der Waals surface area contributed by atoms with Crippen molar-refractivity contribution in [3.8, 4) is 5.75 Å². The molecule has 0 bridgehead atoms. The molecular formula is C38H40F3N13O7. The number of carboxylic acids is 2. The number of amides is 1. The van der Waals surface area contributed by atoms with E-state index in [1.807, 2.05) is 18.0 Å². The van der Waals surface area contributed by atoms with Gasteiger partial charge < -0.3 is 58.4 Å².